The van der Waals surface area contributed by atoms with Gasteiger partial charge in [0.25, 0.3) is 0 Å². The molecule has 1 amide bonds. The SMILES string of the molecule is Cn1ncc2c(N3CCC(CC(=O)N4CCc5ccccc54)CC3)ncnc21. The van der Waals surface area contributed by atoms with Crippen LogP contribution in [-0.2, 0) is 18.3 Å². The van der Waals surface area contributed by atoms with Crippen molar-refractivity contribution in [1.29, 1.82) is 0 Å². The van der Waals surface area contributed by atoms with Crippen LogP contribution in [0.5, 0.6) is 0 Å². The third kappa shape index (κ3) is 2.91. The number of piperidine rings is 1. The maximum Gasteiger partial charge on any atom is 0.227 e. The van der Waals surface area contributed by atoms with Crippen molar-refractivity contribution in [1.82, 2.24) is 19.7 Å². The summed E-state index contributed by atoms with van der Waals surface area (Å²) >= 11 is 0. The van der Waals surface area contributed by atoms with E-state index in [4.69, 9.17) is 0 Å². The number of hydrogen-bond donors (Lipinski definition) is 0. The molecule has 4 heterocycles. The van der Waals surface area contributed by atoms with Crippen molar-refractivity contribution >= 4 is 28.4 Å². The fraction of sp³-hybridized carbons (Fsp3) is 0.429. The molecule has 7 heteroatoms. The Hall–Kier alpha value is -2.96. The first-order valence-electron chi connectivity index (χ1n) is 9.96. The third-order valence-electron chi connectivity index (χ3n) is 6.07. The number of benzene rings is 1. The van der Waals surface area contributed by atoms with Crippen LogP contribution in [-0.4, -0.2) is 45.3 Å². The molecule has 0 aliphatic carbocycles. The zero-order chi connectivity index (χ0) is 19.1. The van der Waals surface area contributed by atoms with E-state index in [9.17, 15) is 4.79 Å². The minimum Gasteiger partial charge on any atom is -0.356 e. The van der Waals surface area contributed by atoms with Crippen molar-refractivity contribution < 1.29 is 4.79 Å². The quantitative estimate of drug-likeness (QED) is 0.703. The minimum absolute atomic E-state index is 0.264. The molecule has 2 aromatic heterocycles. The van der Waals surface area contributed by atoms with Gasteiger partial charge in [0.1, 0.15) is 12.1 Å². The summed E-state index contributed by atoms with van der Waals surface area (Å²) in [6, 6.07) is 8.26. The molecule has 1 aromatic carbocycles. The summed E-state index contributed by atoms with van der Waals surface area (Å²) in [7, 11) is 1.90. The Morgan fingerprint density at radius 2 is 1.96 bits per heavy atom. The Morgan fingerprint density at radius 3 is 2.82 bits per heavy atom. The fourth-order valence-corrected chi connectivity index (χ4v) is 4.51. The van der Waals surface area contributed by atoms with Crippen LogP contribution < -0.4 is 9.80 Å². The smallest absolute Gasteiger partial charge is 0.227 e. The summed E-state index contributed by atoms with van der Waals surface area (Å²) in [5, 5.41) is 5.30. The van der Waals surface area contributed by atoms with Crippen molar-refractivity contribution in [2.75, 3.05) is 29.4 Å². The molecule has 0 spiro atoms. The van der Waals surface area contributed by atoms with Gasteiger partial charge in [0, 0.05) is 38.8 Å². The van der Waals surface area contributed by atoms with Gasteiger partial charge in [-0.05, 0) is 36.8 Å². The molecule has 0 unspecified atom stereocenters. The van der Waals surface area contributed by atoms with Gasteiger partial charge in [-0.2, -0.15) is 5.10 Å². The molecule has 5 rings (SSSR count). The first-order valence-corrected chi connectivity index (χ1v) is 9.96. The predicted octanol–water partition coefficient (Wildman–Crippen LogP) is 2.56. The van der Waals surface area contributed by atoms with Crippen molar-refractivity contribution in [3.05, 3.63) is 42.4 Å². The van der Waals surface area contributed by atoms with Gasteiger partial charge in [0.05, 0.1) is 11.6 Å². The molecule has 0 N–H and O–H groups in total. The Morgan fingerprint density at radius 1 is 1.14 bits per heavy atom. The van der Waals surface area contributed by atoms with Gasteiger partial charge in [0.15, 0.2) is 5.65 Å². The summed E-state index contributed by atoms with van der Waals surface area (Å²) in [5.41, 5.74) is 3.25. The molecule has 2 aliphatic rings. The van der Waals surface area contributed by atoms with Crippen LogP contribution in [0.25, 0.3) is 11.0 Å². The molecule has 2 aliphatic heterocycles. The van der Waals surface area contributed by atoms with Crippen LogP contribution in [0, 0.1) is 5.92 Å². The number of anilines is 2. The number of carbonyl (C=O) groups excluding carboxylic acids is 1. The highest BCUT2D eigenvalue weighted by Crippen LogP contribution is 2.31. The second kappa shape index (κ2) is 6.89. The Kier molecular flexibility index (Phi) is 4.22. The lowest BCUT2D eigenvalue weighted by molar-refractivity contribution is -0.119. The highest BCUT2D eigenvalue weighted by molar-refractivity contribution is 5.95. The van der Waals surface area contributed by atoms with E-state index in [1.54, 1.807) is 11.0 Å². The first kappa shape index (κ1) is 17.2. The van der Waals surface area contributed by atoms with Crippen molar-refractivity contribution in [3.8, 4) is 0 Å². The van der Waals surface area contributed by atoms with Gasteiger partial charge < -0.3 is 9.80 Å². The van der Waals surface area contributed by atoms with Gasteiger partial charge in [-0.15, -0.1) is 0 Å². The van der Waals surface area contributed by atoms with E-state index in [0.717, 1.165) is 61.4 Å². The number of aromatic nitrogens is 4. The lowest BCUT2D eigenvalue weighted by Crippen LogP contribution is -2.37. The van der Waals surface area contributed by atoms with Crippen molar-refractivity contribution in [2.24, 2.45) is 13.0 Å². The summed E-state index contributed by atoms with van der Waals surface area (Å²) in [4.78, 5) is 26.0. The Labute approximate surface area is 164 Å². The number of rotatable bonds is 3. The van der Waals surface area contributed by atoms with E-state index in [1.165, 1.54) is 5.56 Å². The van der Waals surface area contributed by atoms with Crippen molar-refractivity contribution in [2.45, 2.75) is 25.7 Å². The van der Waals surface area contributed by atoms with E-state index in [2.05, 4.69) is 38.2 Å². The lowest BCUT2D eigenvalue weighted by atomic mass is 9.93. The Balaban J connectivity index is 1.23. The summed E-state index contributed by atoms with van der Waals surface area (Å²) in [6.07, 6.45) is 7.06. The average molecular weight is 376 g/mol. The van der Waals surface area contributed by atoms with Gasteiger partial charge in [0.2, 0.25) is 5.91 Å². The van der Waals surface area contributed by atoms with Crippen LogP contribution in [0.2, 0.25) is 0 Å². The van der Waals surface area contributed by atoms with Gasteiger partial charge in [-0.25, -0.2) is 9.97 Å². The summed E-state index contributed by atoms with van der Waals surface area (Å²) in [5.74, 6) is 1.65. The molecule has 1 saturated heterocycles. The van der Waals surface area contributed by atoms with E-state index in [1.807, 2.05) is 24.2 Å². The fourth-order valence-electron chi connectivity index (χ4n) is 4.51. The molecular formula is C21H24N6O. The van der Waals surface area contributed by atoms with Crippen molar-refractivity contribution in [3.63, 3.8) is 0 Å². The van der Waals surface area contributed by atoms with Crippen LogP contribution >= 0.6 is 0 Å². The molecular weight excluding hydrogens is 352 g/mol. The molecule has 7 nitrogen and oxygen atoms in total. The van der Waals surface area contributed by atoms with E-state index >= 15 is 0 Å². The third-order valence-corrected chi connectivity index (χ3v) is 6.07. The zero-order valence-corrected chi connectivity index (χ0v) is 16.1. The molecule has 3 aromatic rings. The Bertz CT molecular complexity index is 1020. The van der Waals surface area contributed by atoms with Crippen LogP contribution in [0.3, 0.4) is 0 Å². The molecule has 28 heavy (non-hydrogen) atoms. The summed E-state index contributed by atoms with van der Waals surface area (Å²) in [6.45, 7) is 2.64. The maximum atomic E-state index is 12.9. The molecule has 1 fully saturated rings. The standard InChI is InChI=1S/C21H24N6O/c1-25-20-17(13-24-25)21(23-14-22-20)26-9-6-15(7-10-26)12-19(28)27-11-8-16-4-2-3-5-18(16)27/h2-5,13-15H,6-12H2,1H3. The van der Waals surface area contributed by atoms with Gasteiger partial charge in [-0.3, -0.25) is 9.48 Å². The second-order valence-corrected chi connectivity index (χ2v) is 7.76. The lowest BCUT2D eigenvalue weighted by Gasteiger charge is -2.33. The van der Waals surface area contributed by atoms with E-state index < -0.39 is 0 Å². The number of carbonyl (C=O) groups is 1. The number of aryl methyl sites for hydroxylation is 1. The number of para-hydroxylation sites is 1. The summed E-state index contributed by atoms with van der Waals surface area (Å²) < 4.78 is 1.78. The zero-order valence-electron chi connectivity index (χ0n) is 16.1. The normalized spacial score (nSPS) is 17.3. The second-order valence-electron chi connectivity index (χ2n) is 7.76. The number of hydrogen-bond acceptors (Lipinski definition) is 5. The number of fused-ring (bicyclic) bond motifs is 2. The average Bonchev–Trinajstić information content (AvgIpc) is 3.33. The van der Waals surface area contributed by atoms with Gasteiger partial charge >= 0.3 is 0 Å². The highest BCUT2D eigenvalue weighted by Gasteiger charge is 2.29. The van der Waals surface area contributed by atoms with E-state index in [-0.39, 0.29) is 5.91 Å². The topological polar surface area (TPSA) is 67.2 Å². The molecule has 0 radical (unpaired) electrons. The van der Waals surface area contributed by atoms with Crippen LogP contribution in [0.4, 0.5) is 11.5 Å². The molecule has 0 saturated carbocycles. The molecule has 0 bridgehead atoms. The monoisotopic (exact) mass is 376 g/mol. The predicted molar refractivity (Wildman–Crippen MR) is 108 cm³/mol. The number of amides is 1. The highest BCUT2D eigenvalue weighted by atomic mass is 16.2. The van der Waals surface area contributed by atoms with E-state index in [0.29, 0.717) is 12.3 Å². The van der Waals surface area contributed by atoms with Crippen LogP contribution in [0.1, 0.15) is 24.8 Å². The molecule has 144 valence electrons. The van der Waals surface area contributed by atoms with Crippen LogP contribution in [0.15, 0.2) is 36.8 Å². The first-order chi connectivity index (χ1) is 13.7. The van der Waals surface area contributed by atoms with Gasteiger partial charge in [-0.1, -0.05) is 18.2 Å². The molecule has 0 atom stereocenters. The maximum absolute atomic E-state index is 12.9. The number of nitrogens with zero attached hydrogens (tertiary/aromatic N) is 6. The largest absolute Gasteiger partial charge is 0.356 e. The minimum atomic E-state index is 0.264.